The molecule has 0 spiro atoms. The van der Waals surface area contributed by atoms with E-state index in [0.717, 1.165) is 84.0 Å². The lowest BCUT2D eigenvalue weighted by atomic mass is 9.93. The lowest BCUT2D eigenvalue weighted by Crippen LogP contribution is -2.41. The van der Waals surface area contributed by atoms with Gasteiger partial charge in [0.2, 0.25) is 5.91 Å². The summed E-state index contributed by atoms with van der Waals surface area (Å²) in [6, 6.07) is 0. The van der Waals surface area contributed by atoms with E-state index in [1.807, 2.05) is 0 Å². The monoisotopic (exact) mass is 339 g/mol. The highest BCUT2D eigenvalue weighted by Crippen LogP contribution is 2.20. The van der Waals surface area contributed by atoms with Crippen molar-refractivity contribution >= 4 is 5.91 Å². The summed E-state index contributed by atoms with van der Waals surface area (Å²) in [5.41, 5.74) is 0. The van der Waals surface area contributed by atoms with Crippen LogP contribution in [0, 0.1) is 5.92 Å². The first-order valence-electron chi connectivity index (χ1n) is 10.0. The number of nitrogens with one attached hydrogen (secondary N) is 1. The van der Waals surface area contributed by atoms with E-state index in [1.165, 1.54) is 12.8 Å². The summed E-state index contributed by atoms with van der Waals surface area (Å²) in [7, 11) is 0. The highest BCUT2D eigenvalue weighted by molar-refractivity contribution is 5.76. The van der Waals surface area contributed by atoms with Gasteiger partial charge in [-0.1, -0.05) is 13.8 Å². The Bertz CT molecular complexity index is 347. The first-order chi connectivity index (χ1) is 11.7. The third-order valence-electron chi connectivity index (χ3n) is 5.68. The molecule has 2 aliphatic heterocycles. The van der Waals surface area contributed by atoms with Gasteiger partial charge in [0.15, 0.2) is 0 Å². The Morgan fingerprint density at radius 3 is 2.42 bits per heavy atom. The van der Waals surface area contributed by atoms with Crippen LogP contribution in [0.25, 0.3) is 0 Å². The molecule has 0 aliphatic carbocycles. The number of carbonyl (C=O) groups is 1. The highest BCUT2D eigenvalue weighted by Gasteiger charge is 2.24. The number of piperidine rings is 2. The topological polar surface area (TPSA) is 44.8 Å². The molecule has 2 saturated heterocycles. The number of rotatable bonds is 9. The summed E-state index contributed by atoms with van der Waals surface area (Å²) in [5.74, 6) is 1.10. The Morgan fingerprint density at radius 2 is 1.79 bits per heavy atom. The van der Waals surface area contributed by atoms with E-state index >= 15 is 0 Å². The van der Waals surface area contributed by atoms with Gasteiger partial charge >= 0.3 is 0 Å². The molecule has 0 aromatic carbocycles. The zero-order valence-electron chi connectivity index (χ0n) is 15.8. The Balaban J connectivity index is 1.57. The third-order valence-corrected chi connectivity index (χ3v) is 5.68. The van der Waals surface area contributed by atoms with Crippen LogP contribution in [0.4, 0.5) is 0 Å². The van der Waals surface area contributed by atoms with E-state index in [4.69, 9.17) is 4.74 Å². The zero-order chi connectivity index (χ0) is 17.2. The van der Waals surface area contributed by atoms with Gasteiger partial charge in [-0.15, -0.1) is 0 Å². The molecule has 5 heteroatoms. The number of carbonyl (C=O) groups excluding carboxylic acids is 1. The first-order valence-corrected chi connectivity index (χ1v) is 10.0. The molecule has 0 unspecified atom stereocenters. The number of ether oxygens (including phenoxy) is 1. The quantitative estimate of drug-likeness (QED) is 0.699. The fourth-order valence-electron chi connectivity index (χ4n) is 3.82. The van der Waals surface area contributed by atoms with E-state index < -0.39 is 0 Å². The van der Waals surface area contributed by atoms with Gasteiger partial charge in [0.1, 0.15) is 0 Å². The molecule has 140 valence electrons. The van der Waals surface area contributed by atoms with Crippen molar-refractivity contribution in [2.75, 3.05) is 52.4 Å². The summed E-state index contributed by atoms with van der Waals surface area (Å²) in [6.07, 6.45) is 6.60. The zero-order valence-corrected chi connectivity index (χ0v) is 15.8. The average molecular weight is 340 g/mol. The van der Waals surface area contributed by atoms with E-state index in [0.29, 0.717) is 12.0 Å². The van der Waals surface area contributed by atoms with Crippen LogP contribution < -0.4 is 5.32 Å². The minimum atomic E-state index is 0.342. The summed E-state index contributed by atoms with van der Waals surface area (Å²) in [6.45, 7) is 12.4. The number of hydrogen-bond donors (Lipinski definition) is 1. The van der Waals surface area contributed by atoms with Gasteiger partial charge in [0.05, 0.1) is 12.7 Å². The molecule has 0 aromatic heterocycles. The standard InChI is InChI=1S/C19H37N3O2/c1-3-21(4-2)15-16-24-18-9-13-22(14-10-18)19(23)6-5-17-7-11-20-12-8-17/h17-18,20H,3-16H2,1-2H3. The molecule has 2 heterocycles. The largest absolute Gasteiger partial charge is 0.377 e. The fraction of sp³-hybridized carbons (Fsp3) is 0.947. The van der Waals surface area contributed by atoms with Crippen molar-refractivity contribution in [2.24, 2.45) is 5.92 Å². The van der Waals surface area contributed by atoms with Crippen LogP contribution >= 0.6 is 0 Å². The Morgan fingerprint density at radius 1 is 1.12 bits per heavy atom. The predicted molar refractivity (Wildman–Crippen MR) is 98.2 cm³/mol. The Labute approximate surface area is 148 Å². The molecule has 24 heavy (non-hydrogen) atoms. The second-order valence-corrected chi connectivity index (χ2v) is 7.21. The van der Waals surface area contributed by atoms with Crippen molar-refractivity contribution in [3.8, 4) is 0 Å². The SMILES string of the molecule is CCN(CC)CCOC1CCN(C(=O)CCC2CCNCC2)CC1. The molecule has 0 aromatic rings. The highest BCUT2D eigenvalue weighted by atomic mass is 16.5. The van der Waals surface area contributed by atoms with Crippen molar-refractivity contribution in [2.45, 2.75) is 58.5 Å². The number of hydrogen-bond acceptors (Lipinski definition) is 4. The van der Waals surface area contributed by atoms with E-state index in [1.54, 1.807) is 0 Å². The minimum absolute atomic E-state index is 0.342. The molecular weight excluding hydrogens is 302 g/mol. The minimum Gasteiger partial charge on any atom is -0.377 e. The summed E-state index contributed by atoms with van der Waals surface area (Å²) in [5, 5.41) is 3.39. The van der Waals surface area contributed by atoms with Crippen LogP contribution in [0.5, 0.6) is 0 Å². The number of nitrogens with zero attached hydrogens (tertiary/aromatic N) is 2. The second kappa shape index (κ2) is 11.1. The fourth-order valence-corrected chi connectivity index (χ4v) is 3.82. The number of likely N-dealkylation sites (tertiary alicyclic amines) is 1. The van der Waals surface area contributed by atoms with Gasteiger partial charge in [0.25, 0.3) is 0 Å². The van der Waals surface area contributed by atoms with Gasteiger partial charge in [-0.25, -0.2) is 0 Å². The lowest BCUT2D eigenvalue weighted by Gasteiger charge is -2.33. The molecule has 1 amide bonds. The number of amides is 1. The Hall–Kier alpha value is -0.650. The second-order valence-electron chi connectivity index (χ2n) is 7.21. The van der Waals surface area contributed by atoms with Gasteiger partial charge in [0, 0.05) is 26.1 Å². The van der Waals surface area contributed by atoms with Crippen LogP contribution in [0.2, 0.25) is 0 Å². The molecule has 2 rings (SSSR count). The van der Waals surface area contributed by atoms with Crippen molar-refractivity contribution in [1.82, 2.24) is 15.1 Å². The molecule has 0 atom stereocenters. The predicted octanol–water partition coefficient (Wildman–Crippen LogP) is 2.12. The smallest absolute Gasteiger partial charge is 0.222 e. The molecule has 0 bridgehead atoms. The van der Waals surface area contributed by atoms with Gasteiger partial charge in [-0.05, 0) is 64.2 Å². The van der Waals surface area contributed by atoms with Crippen molar-refractivity contribution in [3.05, 3.63) is 0 Å². The molecular formula is C19H37N3O2. The molecule has 5 nitrogen and oxygen atoms in total. The Kier molecular flexibility index (Phi) is 9.07. The molecule has 0 radical (unpaired) electrons. The van der Waals surface area contributed by atoms with Gasteiger partial charge in [-0.2, -0.15) is 0 Å². The summed E-state index contributed by atoms with van der Waals surface area (Å²) in [4.78, 5) is 16.8. The maximum Gasteiger partial charge on any atom is 0.222 e. The van der Waals surface area contributed by atoms with Crippen LogP contribution in [-0.4, -0.2) is 74.2 Å². The van der Waals surface area contributed by atoms with Gasteiger partial charge in [-0.3, -0.25) is 4.79 Å². The van der Waals surface area contributed by atoms with Crippen LogP contribution in [0.3, 0.4) is 0 Å². The molecule has 2 fully saturated rings. The van der Waals surface area contributed by atoms with Crippen LogP contribution in [-0.2, 0) is 9.53 Å². The van der Waals surface area contributed by atoms with Crippen molar-refractivity contribution in [1.29, 1.82) is 0 Å². The average Bonchev–Trinajstić information content (AvgIpc) is 2.64. The lowest BCUT2D eigenvalue weighted by molar-refractivity contribution is -0.134. The van der Waals surface area contributed by atoms with Crippen molar-refractivity contribution in [3.63, 3.8) is 0 Å². The maximum atomic E-state index is 12.4. The van der Waals surface area contributed by atoms with Crippen LogP contribution in [0.15, 0.2) is 0 Å². The van der Waals surface area contributed by atoms with E-state index in [9.17, 15) is 4.79 Å². The third kappa shape index (κ3) is 6.69. The molecule has 0 saturated carbocycles. The normalized spacial score (nSPS) is 20.7. The summed E-state index contributed by atoms with van der Waals surface area (Å²) < 4.78 is 6.01. The summed E-state index contributed by atoms with van der Waals surface area (Å²) >= 11 is 0. The van der Waals surface area contributed by atoms with Crippen LogP contribution in [0.1, 0.15) is 52.4 Å². The van der Waals surface area contributed by atoms with Gasteiger partial charge < -0.3 is 19.9 Å². The van der Waals surface area contributed by atoms with E-state index in [2.05, 4.69) is 29.0 Å². The first kappa shape index (κ1) is 19.7. The van der Waals surface area contributed by atoms with Crippen molar-refractivity contribution < 1.29 is 9.53 Å². The molecule has 2 aliphatic rings. The number of likely N-dealkylation sites (N-methyl/N-ethyl adjacent to an activating group) is 1. The maximum absolute atomic E-state index is 12.4. The molecule has 1 N–H and O–H groups in total. The van der Waals surface area contributed by atoms with E-state index in [-0.39, 0.29) is 0 Å².